The Balaban J connectivity index is 0.00000320. The van der Waals surface area contributed by atoms with Crippen molar-refractivity contribution >= 4 is 30.0 Å². The second-order valence-electron chi connectivity index (χ2n) is 6.30. The second kappa shape index (κ2) is 10.2. The first-order valence-corrected chi connectivity index (χ1v) is 8.97. The molecule has 0 saturated heterocycles. The Labute approximate surface area is 182 Å². The quantitative estimate of drug-likeness (QED) is 0.564. The van der Waals surface area contributed by atoms with Gasteiger partial charge in [-0.2, -0.15) is 0 Å². The minimum absolute atomic E-state index is 0. The van der Waals surface area contributed by atoms with E-state index in [1.807, 2.05) is 0 Å². The van der Waals surface area contributed by atoms with Crippen LogP contribution in [0.2, 0.25) is 5.02 Å². The van der Waals surface area contributed by atoms with Gasteiger partial charge in [0.25, 0.3) is 11.4 Å². The zero-order valence-corrected chi connectivity index (χ0v) is 17.1. The van der Waals surface area contributed by atoms with E-state index in [1.54, 1.807) is 42.6 Å². The summed E-state index contributed by atoms with van der Waals surface area (Å²) in [4.78, 5) is 27.3. The zero-order chi connectivity index (χ0) is 21.0. The number of carbonyl (C=O) groups is 1. The van der Waals surface area contributed by atoms with Gasteiger partial charge in [0.05, 0.1) is 11.4 Å². The van der Waals surface area contributed by atoms with Crippen molar-refractivity contribution in [2.24, 2.45) is 5.73 Å². The molecule has 30 heavy (non-hydrogen) atoms. The Hall–Kier alpha value is -2.94. The van der Waals surface area contributed by atoms with Crippen molar-refractivity contribution < 1.29 is 19.0 Å². The van der Waals surface area contributed by atoms with E-state index in [4.69, 9.17) is 27.2 Å². The molecule has 0 radical (unpaired) electrons. The normalized spacial score (nSPS) is 11.4. The van der Waals surface area contributed by atoms with Crippen LogP contribution in [0.1, 0.15) is 6.42 Å². The minimum Gasteiger partial charge on any atom is -0.481 e. The van der Waals surface area contributed by atoms with Gasteiger partial charge < -0.3 is 20.1 Å². The van der Waals surface area contributed by atoms with E-state index >= 15 is 0 Å². The van der Waals surface area contributed by atoms with Gasteiger partial charge in [-0.3, -0.25) is 9.59 Å². The SMILES string of the molecule is Cl.NC(CC(=O)O)Cn1cccc(-c2ccc(Oc3ncc(Cl)cc3F)cc2)c1=O. The number of rotatable bonds is 7. The van der Waals surface area contributed by atoms with Gasteiger partial charge >= 0.3 is 5.97 Å². The van der Waals surface area contributed by atoms with Crippen molar-refractivity contribution in [3.05, 3.63) is 76.1 Å². The van der Waals surface area contributed by atoms with Gasteiger partial charge in [0, 0.05) is 30.5 Å². The molecule has 0 aliphatic rings. The highest BCUT2D eigenvalue weighted by molar-refractivity contribution is 6.30. The summed E-state index contributed by atoms with van der Waals surface area (Å²) in [6, 6.07) is 10.2. The van der Waals surface area contributed by atoms with Gasteiger partial charge in [-0.15, -0.1) is 12.4 Å². The van der Waals surface area contributed by atoms with Crippen molar-refractivity contribution in [3.63, 3.8) is 0 Å². The van der Waals surface area contributed by atoms with E-state index in [0.29, 0.717) is 16.9 Å². The van der Waals surface area contributed by atoms with Crippen molar-refractivity contribution in [3.8, 4) is 22.8 Å². The summed E-state index contributed by atoms with van der Waals surface area (Å²) < 4.78 is 20.6. The molecule has 158 valence electrons. The predicted molar refractivity (Wildman–Crippen MR) is 113 cm³/mol. The Kier molecular flexibility index (Phi) is 7.93. The van der Waals surface area contributed by atoms with Crippen LogP contribution in [0.5, 0.6) is 11.6 Å². The maximum absolute atomic E-state index is 13.8. The van der Waals surface area contributed by atoms with Gasteiger partial charge in [-0.1, -0.05) is 23.7 Å². The minimum atomic E-state index is -1.02. The fourth-order valence-corrected chi connectivity index (χ4v) is 2.88. The monoisotopic (exact) mass is 453 g/mol. The maximum Gasteiger partial charge on any atom is 0.304 e. The molecular formula is C20H18Cl2FN3O4. The van der Waals surface area contributed by atoms with Crippen LogP contribution in [0.3, 0.4) is 0 Å². The number of benzene rings is 1. The van der Waals surface area contributed by atoms with Crippen LogP contribution < -0.4 is 16.0 Å². The first kappa shape index (κ1) is 23.3. The van der Waals surface area contributed by atoms with Gasteiger partial charge in [0.1, 0.15) is 5.75 Å². The average Bonchev–Trinajstić information content (AvgIpc) is 2.66. The number of carboxylic acids is 1. The van der Waals surface area contributed by atoms with Crippen LogP contribution in [-0.2, 0) is 11.3 Å². The zero-order valence-electron chi connectivity index (χ0n) is 15.5. The molecule has 10 heteroatoms. The number of nitrogens with zero attached hydrogens (tertiary/aromatic N) is 2. The van der Waals surface area contributed by atoms with Crippen LogP contribution in [0, 0.1) is 5.82 Å². The van der Waals surface area contributed by atoms with Crippen LogP contribution in [-0.4, -0.2) is 26.7 Å². The summed E-state index contributed by atoms with van der Waals surface area (Å²) in [7, 11) is 0. The lowest BCUT2D eigenvalue weighted by Crippen LogP contribution is -2.33. The lowest BCUT2D eigenvalue weighted by atomic mass is 10.1. The van der Waals surface area contributed by atoms with Crippen LogP contribution in [0.4, 0.5) is 4.39 Å². The third-order valence-electron chi connectivity index (χ3n) is 4.04. The summed E-state index contributed by atoms with van der Waals surface area (Å²) in [5.41, 5.74) is 6.51. The van der Waals surface area contributed by atoms with Crippen molar-refractivity contribution in [1.82, 2.24) is 9.55 Å². The molecule has 0 fully saturated rings. The molecule has 0 aliphatic carbocycles. The number of hydrogen-bond acceptors (Lipinski definition) is 5. The lowest BCUT2D eigenvalue weighted by molar-refractivity contribution is -0.137. The molecule has 3 aromatic rings. The Bertz CT molecular complexity index is 1090. The molecule has 0 aliphatic heterocycles. The topological polar surface area (TPSA) is 107 Å². The molecule has 2 aromatic heterocycles. The molecule has 1 aromatic carbocycles. The van der Waals surface area contributed by atoms with Crippen molar-refractivity contribution in [2.45, 2.75) is 19.0 Å². The maximum atomic E-state index is 13.8. The molecule has 0 saturated carbocycles. The highest BCUT2D eigenvalue weighted by atomic mass is 35.5. The highest BCUT2D eigenvalue weighted by Crippen LogP contribution is 2.26. The smallest absolute Gasteiger partial charge is 0.304 e. The summed E-state index contributed by atoms with van der Waals surface area (Å²) >= 11 is 5.67. The van der Waals surface area contributed by atoms with Gasteiger partial charge in [0.2, 0.25) is 0 Å². The molecule has 3 rings (SSSR count). The summed E-state index contributed by atoms with van der Waals surface area (Å²) in [6.07, 6.45) is 2.59. The molecule has 0 amide bonds. The first-order chi connectivity index (χ1) is 13.8. The number of aliphatic carboxylic acids is 1. The summed E-state index contributed by atoms with van der Waals surface area (Å²) in [5, 5.41) is 8.97. The van der Waals surface area contributed by atoms with Crippen molar-refractivity contribution in [2.75, 3.05) is 0 Å². The van der Waals surface area contributed by atoms with Crippen molar-refractivity contribution in [1.29, 1.82) is 0 Å². The van der Waals surface area contributed by atoms with E-state index in [1.165, 1.54) is 10.8 Å². The molecular weight excluding hydrogens is 436 g/mol. The van der Waals surface area contributed by atoms with Crippen LogP contribution in [0.15, 0.2) is 59.7 Å². The van der Waals surface area contributed by atoms with Gasteiger partial charge in [-0.05, 0) is 35.9 Å². The van der Waals surface area contributed by atoms with Gasteiger partial charge in [0.15, 0.2) is 5.82 Å². The Morgan fingerprint density at radius 3 is 2.63 bits per heavy atom. The van der Waals surface area contributed by atoms with Crippen LogP contribution in [0.25, 0.3) is 11.1 Å². The number of aromatic nitrogens is 2. The molecule has 2 heterocycles. The number of carboxylic acid groups (broad SMARTS) is 1. The Morgan fingerprint density at radius 2 is 2.00 bits per heavy atom. The standard InChI is InChI=1S/C20H17ClFN3O4.ClH/c21-13-8-17(22)19(24-10-13)29-15-5-3-12(4-6-15)16-2-1-7-25(20(16)28)11-14(23)9-18(26)27;/h1-8,10,14H,9,11,23H2,(H,26,27);1H. The molecule has 0 bridgehead atoms. The first-order valence-electron chi connectivity index (χ1n) is 8.59. The number of ether oxygens (including phenoxy) is 1. The average molecular weight is 454 g/mol. The van der Waals surface area contributed by atoms with E-state index < -0.39 is 17.8 Å². The third-order valence-corrected chi connectivity index (χ3v) is 4.25. The second-order valence-corrected chi connectivity index (χ2v) is 6.74. The number of hydrogen-bond donors (Lipinski definition) is 2. The third kappa shape index (κ3) is 5.79. The largest absolute Gasteiger partial charge is 0.481 e. The molecule has 7 nitrogen and oxygen atoms in total. The fraction of sp³-hybridized carbons (Fsp3) is 0.150. The molecule has 3 N–H and O–H groups in total. The van der Waals surface area contributed by atoms with Gasteiger partial charge in [-0.25, -0.2) is 9.37 Å². The van der Waals surface area contributed by atoms with E-state index in [0.717, 1.165) is 6.07 Å². The number of pyridine rings is 2. The van der Waals surface area contributed by atoms with E-state index in [-0.39, 0.29) is 41.8 Å². The number of nitrogens with two attached hydrogens (primary N) is 1. The highest BCUT2D eigenvalue weighted by Gasteiger charge is 2.12. The van der Waals surface area contributed by atoms with E-state index in [2.05, 4.69) is 4.98 Å². The number of halogens is 3. The summed E-state index contributed by atoms with van der Waals surface area (Å²) in [6.45, 7) is 0.0850. The Morgan fingerprint density at radius 1 is 1.30 bits per heavy atom. The summed E-state index contributed by atoms with van der Waals surface area (Å²) in [5.74, 6) is -1.59. The molecule has 1 atom stereocenters. The lowest BCUT2D eigenvalue weighted by Gasteiger charge is -2.13. The molecule has 1 unspecified atom stereocenters. The molecule has 0 spiro atoms. The fourth-order valence-electron chi connectivity index (χ4n) is 2.73. The predicted octanol–water partition coefficient (Wildman–Crippen LogP) is 3.72. The van der Waals surface area contributed by atoms with Crippen LogP contribution >= 0.6 is 24.0 Å². The van der Waals surface area contributed by atoms with E-state index in [9.17, 15) is 14.0 Å².